The van der Waals surface area contributed by atoms with Crippen molar-refractivity contribution in [2.24, 2.45) is 5.92 Å². The molecule has 0 bridgehead atoms. The van der Waals surface area contributed by atoms with Crippen molar-refractivity contribution in [1.82, 2.24) is 4.90 Å². The SMILES string of the molecule is C=C(N1CCC(C)C(F)(F)C1)C(C)(S)S. The molecule has 0 saturated carbocycles. The second-order valence-corrected chi connectivity index (χ2v) is 6.48. The van der Waals surface area contributed by atoms with E-state index in [2.05, 4.69) is 31.8 Å². The Balaban J connectivity index is 2.72. The first-order chi connectivity index (χ1) is 6.64. The Kier molecular flexibility index (Phi) is 3.66. The first-order valence-corrected chi connectivity index (χ1v) is 5.81. The number of likely N-dealkylation sites (tertiary alicyclic amines) is 1. The molecule has 1 heterocycles. The molecule has 1 atom stereocenters. The average Bonchev–Trinajstić information content (AvgIpc) is 2.07. The maximum absolute atomic E-state index is 13.5. The molecular weight excluding hydrogens is 236 g/mol. The Morgan fingerprint density at radius 2 is 2.07 bits per heavy atom. The standard InChI is InChI=1S/C10H17F2NS2/c1-7-4-5-13(6-10(7,11)12)8(2)9(3,14)15/h7,14-15H,2,4-6H2,1,3H3. The van der Waals surface area contributed by atoms with E-state index in [0.717, 1.165) is 0 Å². The zero-order valence-corrected chi connectivity index (χ0v) is 10.8. The number of thiol groups is 2. The molecule has 1 nitrogen and oxygen atoms in total. The van der Waals surface area contributed by atoms with Crippen LogP contribution in [0.1, 0.15) is 20.3 Å². The second-order valence-electron chi connectivity index (χ2n) is 4.34. The van der Waals surface area contributed by atoms with Crippen LogP contribution in [0.25, 0.3) is 0 Å². The van der Waals surface area contributed by atoms with Crippen molar-refractivity contribution in [3.05, 3.63) is 12.3 Å². The molecule has 1 rings (SSSR count). The largest absolute Gasteiger partial charge is 0.367 e. The number of nitrogens with zero attached hydrogens (tertiary/aromatic N) is 1. The van der Waals surface area contributed by atoms with Crippen molar-refractivity contribution in [1.29, 1.82) is 0 Å². The van der Waals surface area contributed by atoms with Crippen LogP contribution < -0.4 is 0 Å². The van der Waals surface area contributed by atoms with Gasteiger partial charge in [-0.05, 0) is 13.3 Å². The minimum absolute atomic E-state index is 0.274. The van der Waals surface area contributed by atoms with Crippen LogP contribution in [0, 0.1) is 5.92 Å². The summed E-state index contributed by atoms with van der Waals surface area (Å²) < 4.78 is 26.2. The van der Waals surface area contributed by atoms with Crippen molar-refractivity contribution < 1.29 is 8.78 Å². The summed E-state index contributed by atoms with van der Waals surface area (Å²) in [4.78, 5) is 1.58. The molecular formula is C10H17F2NS2. The van der Waals surface area contributed by atoms with E-state index in [-0.39, 0.29) is 6.54 Å². The summed E-state index contributed by atoms with van der Waals surface area (Å²) in [6.07, 6.45) is 0.476. The fraction of sp³-hybridized carbons (Fsp3) is 0.800. The Bertz CT molecular complexity index is 261. The Labute approximate surface area is 101 Å². The Morgan fingerprint density at radius 1 is 1.53 bits per heavy atom. The molecule has 0 aromatic heterocycles. The highest BCUT2D eigenvalue weighted by Crippen LogP contribution is 2.37. The van der Waals surface area contributed by atoms with Crippen molar-refractivity contribution in [2.75, 3.05) is 13.1 Å². The van der Waals surface area contributed by atoms with Crippen LogP contribution in [0.3, 0.4) is 0 Å². The van der Waals surface area contributed by atoms with Crippen molar-refractivity contribution in [2.45, 2.75) is 30.3 Å². The first-order valence-electron chi connectivity index (χ1n) is 4.91. The highest BCUT2D eigenvalue weighted by molar-refractivity contribution is 8.00. The van der Waals surface area contributed by atoms with Gasteiger partial charge in [0.05, 0.1) is 10.6 Å². The third-order valence-corrected chi connectivity index (χ3v) is 3.40. The van der Waals surface area contributed by atoms with Crippen LogP contribution in [-0.2, 0) is 0 Å². The zero-order valence-electron chi connectivity index (χ0n) is 9.00. The van der Waals surface area contributed by atoms with Gasteiger partial charge in [-0.25, -0.2) is 8.78 Å². The van der Waals surface area contributed by atoms with Gasteiger partial charge in [-0.3, -0.25) is 0 Å². The highest BCUT2D eigenvalue weighted by Gasteiger charge is 2.43. The maximum atomic E-state index is 13.5. The molecule has 1 unspecified atom stereocenters. The molecule has 15 heavy (non-hydrogen) atoms. The molecule has 1 aliphatic heterocycles. The average molecular weight is 253 g/mol. The summed E-state index contributed by atoms with van der Waals surface area (Å²) in [5, 5.41) is 0. The number of hydrogen-bond acceptors (Lipinski definition) is 3. The second kappa shape index (κ2) is 4.17. The summed E-state index contributed by atoms with van der Waals surface area (Å²) in [5.74, 6) is -3.21. The number of alkyl halides is 2. The van der Waals surface area contributed by atoms with E-state index in [1.54, 1.807) is 18.7 Å². The van der Waals surface area contributed by atoms with E-state index >= 15 is 0 Å². The van der Waals surface area contributed by atoms with Crippen LogP contribution in [-0.4, -0.2) is 28.0 Å². The lowest BCUT2D eigenvalue weighted by atomic mass is 9.94. The first kappa shape index (κ1) is 13.2. The van der Waals surface area contributed by atoms with E-state index in [9.17, 15) is 8.78 Å². The molecule has 88 valence electrons. The normalized spacial score (nSPS) is 26.5. The Morgan fingerprint density at radius 3 is 2.47 bits per heavy atom. The summed E-state index contributed by atoms with van der Waals surface area (Å²) in [6, 6.07) is 0. The van der Waals surface area contributed by atoms with Crippen LogP contribution >= 0.6 is 25.3 Å². The van der Waals surface area contributed by atoms with Crippen LogP contribution in [0.2, 0.25) is 0 Å². The molecule has 1 aliphatic rings. The van der Waals surface area contributed by atoms with Gasteiger partial charge in [0.2, 0.25) is 0 Å². The quantitative estimate of drug-likeness (QED) is 0.565. The lowest BCUT2D eigenvalue weighted by Gasteiger charge is -2.41. The van der Waals surface area contributed by atoms with Gasteiger partial charge in [-0.15, -0.1) is 0 Å². The number of hydrogen-bond donors (Lipinski definition) is 2. The maximum Gasteiger partial charge on any atom is 0.267 e. The minimum atomic E-state index is -2.64. The van der Waals surface area contributed by atoms with Gasteiger partial charge in [0.25, 0.3) is 5.92 Å². The summed E-state index contributed by atoms with van der Waals surface area (Å²) in [6.45, 7) is 7.43. The van der Waals surface area contributed by atoms with Gasteiger partial charge >= 0.3 is 0 Å². The van der Waals surface area contributed by atoms with Crippen LogP contribution in [0.4, 0.5) is 8.78 Å². The molecule has 1 fully saturated rings. The fourth-order valence-corrected chi connectivity index (χ4v) is 1.86. The topological polar surface area (TPSA) is 3.24 Å². The Hall–Kier alpha value is 0.1000. The molecule has 0 aromatic carbocycles. The third kappa shape index (κ3) is 3.03. The minimum Gasteiger partial charge on any atom is -0.367 e. The van der Waals surface area contributed by atoms with E-state index < -0.39 is 15.9 Å². The number of rotatable bonds is 2. The highest BCUT2D eigenvalue weighted by atomic mass is 32.2. The summed E-state index contributed by atoms with van der Waals surface area (Å²) in [5.41, 5.74) is 0.542. The predicted molar refractivity (Wildman–Crippen MR) is 65.8 cm³/mol. The number of piperidine rings is 1. The van der Waals surface area contributed by atoms with Crippen molar-refractivity contribution in [3.8, 4) is 0 Å². The molecule has 0 N–H and O–H groups in total. The van der Waals surface area contributed by atoms with Crippen molar-refractivity contribution >= 4 is 25.3 Å². The zero-order chi connectivity index (χ0) is 11.9. The molecule has 0 amide bonds. The van der Waals surface area contributed by atoms with Crippen LogP contribution in [0.15, 0.2) is 12.3 Å². The molecule has 0 radical (unpaired) electrons. The van der Waals surface area contributed by atoms with Gasteiger partial charge < -0.3 is 4.90 Å². The monoisotopic (exact) mass is 253 g/mol. The molecule has 1 saturated heterocycles. The van der Waals surface area contributed by atoms with Gasteiger partial charge in [-0.1, -0.05) is 13.5 Å². The smallest absolute Gasteiger partial charge is 0.267 e. The van der Waals surface area contributed by atoms with Crippen LogP contribution in [0.5, 0.6) is 0 Å². The molecule has 0 aromatic rings. The summed E-state index contributed by atoms with van der Waals surface area (Å²) in [7, 11) is 0. The molecule has 0 spiro atoms. The third-order valence-electron chi connectivity index (χ3n) is 2.88. The predicted octanol–water partition coefficient (Wildman–Crippen LogP) is 3.05. The van der Waals surface area contributed by atoms with Crippen molar-refractivity contribution in [3.63, 3.8) is 0 Å². The van der Waals surface area contributed by atoms with E-state index in [4.69, 9.17) is 0 Å². The number of halogens is 2. The fourth-order valence-electron chi connectivity index (χ4n) is 1.58. The van der Waals surface area contributed by atoms with Gasteiger partial charge in [0, 0.05) is 18.2 Å². The lowest BCUT2D eigenvalue weighted by molar-refractivity contribution is -0.0971. The summed E-state index contributed by atoms with van der Waals surface area (Å²) >= 11 is 8.43. The lowest BCUT2D eigenvalue weighted by Crippen LogP contribution is -2.48. The van der Waals surface area contributed by atoms with Gasteiger partial charge in [-0.2, -0.15) is 25.3 Å². The van der Waals surface area contributed by atoms with Gasteiger partial charge in [0.1, 0.15) is 0 Å². The van der Waals surface area contributed by atoms with E-state index in [1.165, 1.54) is 0 Å². The van der Waals surface area contributed by atoms with E-state index in [0.29, 0.717) is 18.7 Å². The molecule has 5 heteroatoms. The molecule has 0 aliphatic carbocycles. The van der Waals surface area contributed by atoms with E-state index in [1.807, 2.05) is 0 Å². The van der Waals surface area contributed by atoms with Gasteiger partial charge in [0.15, 0.2) is 0 Å².